The first kappa shape index (κ1) is 13.7. The summed E-state index contributed by atoms with van der Waals surface area (Å²) in [4.78, 5) is 13.1. The van der Waals surface area contributed by atoms with Crippen LogP contribution in [0, 0.1) is 6.92 Å². The molecule has 3 N–H and O–H groups in total. The highest BCUT2D eigenvalue weighted by Crippen LogP contribution is 2.28. The average molecular weight is 277 g/mol. The summed E-state index contributed by atoms with van der Waals surface area (Å²) in [5.41, 5.74) is 6.52. The van der Waals surface area contributed by atoms with E-state index in [1.165, 1.54) is 0 Å². The fourth-order valence-electron chi connectivity index (χ4n) is 1.74. The van der Waals surface area contributed by atoms with Gasteiger partial charge in [0.15, 0.2) is 0 Å². The lowest BCUT2D eigenvalue weighted by atomic mass is 10.1. The highest BCUT2D eigenvalue weighted by molar-refractivity contribution is 7.09. The van der Waals surface area contributed by atoms with Gasteiger partial charge < -0.3 is 11.1 Å². The number of nitrogen functional groups attached to an aromatic ring is 1. The molecule has 0 unspecified atom stereocenters. The zero-order valence-electron chi connectivity index (χ0n) is 11.7. The molecule has 6 heteroatoms. The molecule has 0 fully saturated rings. The number of nitrogens with one attached hydrogen (secondary N) is 1. The van der Waals surface area contributed by atoms with E-state index in [1.807, 2.05) is 25.4 Å². The van der Waals surface area contributed by atoms with Gasteiger partial charge in [0.05, 0.1) is 5.54 Å². The Morgan fingerprint density at radius 3 is 2.68 bits per heavy atom. The minimum atomic E-state index is -0.287. The first-order chi connectivity index (χ1) is 8.94. The lowest BCUT2D eigenvalue weighted by Crippen LogP contribution is -2.29. The zero-order chi connectivity index (χ0) is 14.0. The molecule has 2 rings (SSSR count). The summed E-state index contributed by atoms with van der Waals surface area (Å²) in [5.74, 6) is 2.06. The Morgan fingerprint density at radius 1 is 1.37 bits per heavy atom. The number of aromatic nitrogens is 3. The van der Waals surface area contributed by atoms with E-state index in [1.54, 1.807) is 11.3 Å². The highest BCUT2D eigenvalue weighted by Gasteiger charge is 2.25. The first-order valence-corrected chi connectivity index (χ1v) is 7.13. The van der Waals surface area contributed by atoms with Gasteiger partial charge in [0.2, 0.25) is 0 Å². The molecule has 0 aromatic carbocycles. The molecule has 0 atom stereocenters. The number of rotatable bonds is 4. The predicted molar refractivity (Wildman–Crippen MR) is 79.3 cm³/mol. The number of aryl methyl sites for hydroxylation is 1. The van der Waals surface area contributed by atoms with Crippen LogP contribution in [-0.2, 0) is 12.0 Å². The van der Waals surface area contributed by atoms with Crippen LogP contribution in [0.4, 0.5) is 11.6 Å². The molecule has 0 aliphatic heterocycles. The SMILES string of the molecule is CCc1nc(N)c(C)c(NC(C)(C)c2nccs2)n1. The zero-order valence-corrected chi connectivity index (χ0v) is 12.5. The molecule has 0 spiro atoms. The van der Waals surface area contributed by atoms with Crippen molar-refractivity contribution in [2.75, 3.05) is 11.1 Å². The molecule has 2 aromatic heterocycles. The summed E-state index contributed by atoms with van der Waals surface area (Å²) < 4.78 is 0. The Balaban J connectivity index is 2.35. The predicted octanol–water partition coefficient (Wildman–Crippen LogP) is 2.73. The second kappa shape index (κ2) is 5.13. The Labute approximate surface area is 117 Å². The van der Waals surface area contributed by atoms with Crippen molar-refractivity contribution in [1.82, 2.24) is 15.0 Å². The van der Waals surface area contributed by atoms with Crippen LogP contribution >= 0.6 is 11.3 Å². The number of hydrogen-bond acceptors (Lipinski definition) is 6. The van der Waals surface area contributed by atoms with E-state index in [9.17, 15) is 0 Å². The topological polar surface area (TPSA) is 76.7 Å². The molecular formula is C13H19N5S. The molecule has 0 aliphatic rings. The molecule has 2 heterocycles. The second-order valence-electron chi connectivity index (χ2n) is 4.94. The Morgan fingerprint density at radius 2 is 2.11 bits per heavy atom. The van der Waals surface area contributed by atoms with E-state index in [0.29, 0.717) is 5.82 Å². The normalized spacial score (nSPS) is 11.6. The smallest absolute Gasteiger partial charge is 0.135 e. The van der Waals surface area contributed by atoms with Crippen molar-refractivity contribution >= 4 is 23.0 Å². The van der Waals surface area contributed by atoms with Crippen molar-refractivity contribution in [3.05, 3.63) is 28.0 Å². The average Bonchev–Trinajstić information content (AvgIpc) is 2.89. The van der Waals surface area contributed by atoms with Gasteiger partial charge in [0.1, 0.15) is 22.5 Å². The monoisotopic (exact) mass is 277 g/mol. The van der Waals surface area contributed by atoms with Crippen molar-refractivity contribution in [3.63, 3.8) is 0 Å². The number of nitrogens with zero attached hydrogens (tertiary/aromatic N) is 3. The highest BCUT2D eigenvalue weighted by atomic mass is 32.1. The molecule has 102 valence electrons. The Bertz CT molecular complexity index is 563. The third kappa shape index (κ3) is 2.84. The maximum absolute atomic E-state index is 5.93. The number of hydrogen-bond donors (Lipinski definition) is 2. The van der Waals surface area contributed by atoms with Gasteiger partial charge in [-0.15, -0.1) is 11.3 Å². The number of anilines is 2. The van der Waals surface area contributed by atoms with Gasteiger partial charge >= 0.3 is 0 Å². The van der Waals surface area contributed by atoms with Crippen LogP contribution in [0.15, 0.2) is 11.6 Å². The summed E-state index contributed by atoms with van der Waals surface area (Å²) >= 11 is 1.62. The molecule has 5 nitrogen and oxygen atoms in total. The summed E-state index contributed by atoms with van der Waals surface area (Å²) in [6.07, 6.45) is 2.57. The van der Waals surface area contributed by atoms with E-state index < -0.39 is 0 Å². The van der Waals surface area contributed by atoms with Gasteiger partial charge in [-0.3, -0.25) is 0 Å². The molecular weight excluding hydrogens is 258 g/mol. The van der Waals surface area contributed by atoms with Gasteiger partial charge in [-0.25, -0.2) is 15.0 Å². The third-order valence-electron chi connectivity index (χ3n) is 2.94. The van der Waals surface area contributed by atoms with Crippen LogP contribution in [0.1, 0.15) is 37.2 Å². The molecule has 0 saturated heterocycles. The summed E-state index contributed by atoms with van der Waals surface area (Å²) in [7, 11) is 0. The molecule has 0 radical (unpaired) electrons. The maximum atomic E-state index is 5.93. The fraction of sp³-hybridized carbons (Fsp3) is 0.462. The van der Waals surface area contributed by atoms with Gasteiger partial charge in [-0.1, -0.05) is 6.92 Å². The molecule has 0 aliphatic carbocycles. The summed E-state index contributed by atoms with van der Waals surface area (Å²) in [6.45, 7) is 8.10. The standard InChI is InChI=1S/C13H19N5S/c1-5-9-16-10(14)8(2)11(17-9)18-13(3,4)12-15-6-7-19-12/h6-7H,5H2,1-4H3,(H3,14,16,17,18). The Hall–Kier alpha value is -1.69. The van der Waals surface area contributed by atoms with Crippen LogP contribution in [0.3, 0.4) is 0 Å². The van der Waals surface area contributed by atoms with E-state index in [2.05, 4.69) is 34.1 Å². The molecule has 0 saturated carbocycles. The van der Waals surface area contributed by atoms with Crippen molar-refractivity contribution in [3.8, 4) is 0 Å². The lowest BCUT2D eigenvalue weighted by molar-refractivity contribution is 0.599. The van der Waals surface area contributed by atoms with Crippen LogP contribution in [0.25, 0.3) is 0 Å². The molecule has 0 bridgehead atoms. The molecule has 2 aromatic rings. The van der Waals surface area contributed by atoms with Crippen molar-refractivity contribution in [2.24, 2.45) is 0 Å². The van der Waals surface area contributed by atoms with Gasteiger partial charge in [0, 0.05) is 23.6 Å². The van der Waals surface area contributed by atoms with Gasteiger partial charge in [-0.05, 0) is 20.8 Å². The van der Waals surface area contributed by atoms with E-state index in [-0.39, 0.29) is 5.54 Å². The first-order valence-electron chi connectivity index (χ1n) is 6.25. The van der Waals surface area contributed by atoms with E-state index in [4.69, 9.17) is 5.73 Å². The third-order valence-corrected chi connectivity index (χ3v) is 4.04. The van der Waals surface area contributed by atoms with Gasteiger partial charge in [0.25, 0.3) is 0 Å². The van der Waals surface area contributed by atoms with Crippen molar-refractivity contribution in [1.29, 1.82) is 0 Å². The van der Waals surface area contributed by atoms with Crippen LogP contribution in [-0.4, -0.2) is 15.0 Å². The summed E-state index contributed by atoms with van der Waals surface area (Å²) in [6, 6.07) is 0. The van der Waals surface area contributed by atoms with Crippen molar-refractivity contribution < 1.29 is 0 Å². The fourth-order valence-corrected chi connectivity index (χ4v) is 2.46. The van der Waals surface area contributed by atoms with E-state index in [0.717, 1.165) is 28.6 Å². The van der Waals surface area contributed by atoms with Crippen molar-refractivity contribution in [2.45, 2.75) is 39.7 Å². The lowest BCUT2D eigenvalue weighted by Gasteiger charge is -2.26. The van der Waals surface area contributed by atoms with E-state index >= 15 is 0 Å². The van der Waals surface area contributed by atoms with Crippen LogP contribution in [0.2, 0.25) is 0 Å². The Kier molecular flexibility index (Phi) is 3.71. The maximum Gasteiger partial charge on any atom is 0.135 e. The minimum absolute atomic E-state index is 0.287. The molecule has 19 heavy (non-hydrogen) atoms. The molecule has 0 amide bonds. The second-order valence-corrected chi connectivity index (χ2v) is 5.83. The quantitative estimate of drug-likeness (QED) is 0.898. The minimum Gasteiger partial charge on any atom is -0.383 e. The van der Waals surface area contributed by atoms with Crippen LogP contribution < -0.4 is 11.1 Å². The summed E-state index contributed by atoms with van der Waals surface area (Å²) in [5, 5.41) is 6.41. The number of nitrogens with two attached hydrogens (primary N) is 1. The van der Waals surface area contributed by atoms with Gasteiger partial charge in [-0.2, -0.15) is 0 Å². The largest absolute Gasteiger partial charge is 0.383 e. The van der Waals surface area contributed by atoms with Crippen LogP contribution in [0.5, 0.6) is 0 Å². The number of thiazole rings is 1.